The number of hydrogen-bond donors (Lipinski definition) is 0. The van der Waals surface area contributed by atoms with E-state index >= 15 is 0 Å². The van der Waals surface area contributed by atoms with Gasteiger partial charge < -0.3 is 4.74 Å². The second-order valence-corrected chi connectivity index (χ2v) is 7.23. The molecule has 0 aliphatic rings. The number of rotatable bonds is 7. The Balaban J connectivity index is 1.62. The summed E-state index contributed by atoms with van der Waals surface area (Å²) in [4.78, 5) is 9.28. The van der Waals surface area contributed by atoms with Crippen molar-refractivity contribution in [3.8, 4) is 5.75 Å². The molecule has 0 saturated heterocycles. The Labute approximate surface area is 194 Å². The molecule has 4 aromatic rings. The molecule has 160 valence electrons. The molecule has 0 aromatic heterocycles. The van der Waals surface area contributed by atoms with Crippen molar-refractivity contribution in [3.63, 3.8) is 0 Å². The largest absolute Gasteiger partial charge is 0.497 e. The van der Waals surface area contributed by atoms with Gasteiger partial charge in [-0.2, -0.15) is 0 Å². The maximum absolute atomic E-state index is 5.19. The van der Waals surface area contributed by atoms with Crippen LogP contribution in [0.1, 0.15) is 16.7 Å². The molecular formula is C30H24N2O. The monoisotopic (exact) mass is 428 g/mol. The molecule has 0 saturated carbocycles. The van der Waals surface area contributed by atoms with Crippen molar-refractivity contribution in [1.82, 2.24) is 0 Å². The zero-order chi connectivity index (χ0) is 22.7. The van der Waals surface area contributed by atoms with Gasteiger partial charge in [-0.15, -0.1) is 0 Å². The lowest BCUT2D eigenvalue weighted by molar-refractivity contribution is 0.415. The first-order valence-electron chi connectivity index (χ1n) is 10.7. The highest BCUT2D eigenvalue weighted by Gasteiger charge is 2.04. The Morgan fingerprint density at radius 3 is 1.88 bits per heavy atom. The molecule has 0 atom stereocenters. The van der Waals surface area contributed by atoms with Crippen LogP contribution < -0.4 is 4.74 Å². The van der Waals surface area contributed by atoms with Gasteiger partial charge in [0, 0.05) is 6.21 Å². The van der Waals surface area contributed by atoms with Gasteiger partial charge in [0.25, 0.3) is 0 Å². The molecule has 4 aromatic carbocycles. The molecule has 3 nitrogen and oxygen atoms in total. The standard InChI is InChI=1S/C30H24N2O/c1-33-27-20-18-24(19-21-27)11-10-22-31-29-16-8-9-17-30(29)32-23-28(25-12-4-2-5-13-25)26-14-6-3-7-15-26/h2-22H,1H3/b11-10+,31-22?. The molecule has 0 fully saturated rings. The van der Waals surface area contributed by atoms with Crippen molar-refractivity contribution in [1.29, 1.82) is 0 Å². The minimum Gasteiger partial charge on any atom is -0.497 e. The quantitative estimate of drug-likeness (QED) is 0.280. The number of hydrogen-bond acceptors (Lipinski definition) is 3. The predicted octanol–water partition coefficient (Wildman–Crippen LogP) is 7.54. The summed E-state index contributed by atoms with van der Waals surface area (Å²) in [5, 5.41) is 0. The topological polar surface area (TPSA) is 34.0 Å². The number of nitrogens with zero attached hydrogens (tertiary/aromatic N) is 2. The van der Waals surface area contributed by atoms with Crippen molar-refractivity contribution >= 4 is 35.1 Å². The van der Waals surface area contributed by atoms with Gasteiger partial charge in [0.05, 0.1) is 24.1 Å². The third-order valence-corrected chi connectivity index (χ3v) is 5.00. The summed E-state index contributed by atoms with van der Waals surface area (Å²) < 4.78 is 5.19. The first-order valence-corrected chi connectivity index (χ1v) is 10.7. The molecule has 4 rings (SSSR count). The van der Waals surface area contributed by atoms with Gasteiger partial charge in [-0.05, 0) is 52.9 Å². The second-order valence-electron chi connectivity index (χ2n) is 7.23. The summed E-state index contributed by atoms with van der Waals surface area (Å²) in [5.41, 5.74) is 5.69. The van der Waals surface area contributed by atoms with Crippen molar-refractivity contribution in [3.05, 3.63) is 132 Å². The molecule has 0 spiro atoms. The molecule has 0 aliphatic carbocycles. The minimum absolute atomic E-state index is 0.760. The van der Waals surface area contributed by atoms with Crippen LogP contribution in [0.5, 0.6) is 5.75 Å². The fourth-order valence-electron chi connectivity index (χ4n) is 3.28. The van der Waals surface area contributed by atoms with Crippen molar-refractivity contribution in [2.75, 3.05) is 7.11 Å². The van der Waals surface area contributed by atoms with Crippen molar-refractivity contribution < 1.29 is 4.74 Å². The lowest BCUT2D eigenvalue weighted by atomic mass is 9.99. The van der Waals surface area contributed by atoms with Gasteiger partial charge in [0.1, 0.15) is 5.75 Å². The lowest BCUT2D eigenvalue weighted by Gasteiger charge is -2.05. The number of methoxy groups -OCH3 is 1. The third kappa shape index (κ3) is 6.04. The van der Waals surface area contributed by atoms with E-state index in [2.05, 4.69) is 40.1 Å². The number of aliphatic imine (C=N–C) groups is 2. The van der Waals surface area contributed by atoms with E-state index in [9.17, 15) is 0 Å². The zero-order valence-corrected chi connectivity index (χ0v) is 18.4. The Bertz CT molecular complexity index is 1260. The highest BCUT2D eigenvalue weighted by Crippen LogP contribution is 2.27. The van der Waals surface area contributed by atoms with Gasteiger partial charge in [-0.25, -0.2) is 4.99 Å². The smallest absolute Gasteiger partial charge is 0.118 e. The molecule has 0 N–H and O–H groups in total. The van der Waals surface area contributed by atoms with Crippen LogP contribution >= 0.6 is 0 Å². The molecule has 0 unspecified atom stereocenters. The Morgan fingerprint density at radius 2 is 1.27 bits per heavy atom. The van der Waals surface area contributed by atoms with Crippen LogP contribution in [0.3, 0.4) is 0 Å². The van der Waals surface area contributed by atoms with Gasteiger partial charge in [0.2, 0.25) is 0 Å². The summed E-state index contributed by atoms with van der Waals surface area (Å²) in [7, 11) is 1.66. The summed E-state index contributed by atoms with van der Waals surface area (Å²) in [6.07, 6.45) is 5.69. The summed E-state index contributed by atoms with van der Waals surface area (Å²) >= 11 is 0. The molecule has 33 heavy (non-hydrogen) atoms. The second kappa shape index (κ2) is 11.2. The number of ether oxygens (including phenoxy) is 1. The van der Waals surface area contributed by atoms with Crippen LogP contribution in [0.25, 0.3) is 11.6 Å². The highest BCUT2D eigenvalue weighted by atomic mass is 16.5. The third-order valence-electron chi connectivity index (χ3n) is 5.00. The van der Waals surface area contributed by atoms with Gasteiger partial charge in [-0.1, -0.05) is 91.0 Å². The fourth-order valence-corrected chi connectivity index (χ4v) is 3.28. The molecule has 0 aliphatic heterocycles. The normalized spacial score (nSPS) is 10.8. The molecule has 0 bridgehead atoms. The molecular weight excluding hydrogens is 404 g/mol. The Hall–Kier alpha value is -4.46. The van der Waals surface area contributed by atoms with Crippen molar-refractivity contribution in [2.24, 2.45) is 9.98 Å². The Kier molecular flexibility index (Phi) is 7.41. The number of para-hydroxylation sites is 2. The van der Waals surface area contributed by atoms with E-state index in [1.807, 2.05) is 97.1 Å². The van der Waals surface area contributed by atoms with Crippen LogP contribution in [0.15, 0.2) is 125 Å². The summed E-state index contributed by atoms with van der Waals surface area (Å²) in [5.74, 6) is 4.11. The van der Waals surface area contributed by atoms with Crippen LogP contribution in [-0.4, -0.2) is 19.2 Å². The Morgan fingerprint density at radius 1 is 0.697 bits per heavy atom. The van der Waals surface area contributed by atoms with E-state index in [4.69, 9.17) is 4.74 Å². The maximum atomic E-state index is 5.19. The molecule has 0 radical (unpaired) electrons. The van der Waals surface area contributed by atoms with E-state index in [0.29, 0.717) is 0 Å². The maximum Gasteiger partial charge on any atom is 0.118 e. The minimum atomic E-state index is 0.760. The molecule has 0 heterocycles. The summed E-state index contributed by atoms with van der Waals surface area (Å²) in [6, 6.07) is 36.0. The van der Waals surface area contributed by atoms with E-state index in [1.54, 1.807) is 13.3 Å². The van der Waals surface area contributed by atoms with Gasteiger partial charge in [0.15, 0.2) is 0 Å². The number of benzene rings is 4. The lowest BCUT2D eigenvalue weighted by Crippen LogP contribution is -1.88. The first kappa shape index (κ1) is 21.8. The van der Waals surface area contributed by atoms with E-state index in [0.717, 1.165) is 39.4 Å². The zero-order valence-electron chi connectivity index (χ0n) is 18.4. The van der Waals surface area contributed by atoms with E-state index < -0.39 is 0 Å². The number of allylic oxidation sites excluding steroid dienone is 1. The highest BCUT2D eigenvalue weighted by molar-refractivity contribution is 5.99. The summed E-state index contributed by atoms with van der Waals surface area (Å²) in [6.45, 7) is 0. The van der Waals surface area contributed by atoms with Gasteiger partial charge in [-0.3, -0.25) is 4.99 Å². The average molecular weight is 429 g/mol. The van der Waals surface area contributed by atoms with Crippen LogP contribution in [0.4, 0.5) is 11.4 Å². The average Bonchev–Trinajstić information content (AvgIpc) is 2.89. The SMILES string of the molecule is COc1ccc(/C=C/C=Nc2ccccc2N=C=C(c2ccccc2)c2ccccc2)cc1. The van der Waals surface area contributed by atoms with Gasteiger partial charge >= 0.3 is 0 Å². The van der Waals surface area contributed by atoms with Crippen LogP contribution in [0.2, 0.25) is 0 Å². The molecule has 0 amide bonds. The van der Waals surface area contributed by atoms with Crippen molar-refractivity contribution in [2.45, 2.75) is 0 Å². The first-order chi connectivity index (χ1) is 16.3. The van der Waals surface area contributed by atoms with Crippen LogP contribution in [0, 0.1) is 0 Å². The van der Waals surface area contributed by atoms with Crippen LogP contribution in [-0.2, 0) is 0 Å². The molecule has 3 heteroatoms. The fraction of sp³-hybridized carbons (Fsp3) is 0.0333. The predicted molar refractivity (Wildman–Crippen MR) is 139 cm³/mol. The van der Waals surface area contributed by atoms with E-state index in [1.165, 1.54) is 0 Å². The van der Waals surface area contributed by atoms with E-state index in [-0.39, 0.29) is 0 Å².